The second-order valence-corrected chi connectivity index (χ2v) is 4.14. The normalized spacial score (nSPS) is 9.94. The number of para-hydroxylation sites is 1. The lowest BCUT2D eigenvalue weighted by Crippen LogP contribution is -1.94. The standard InChI is InChI=1S/C11H10N4S/c12-7-4-8-16-11-14-13-9-15(11)10-5-2-1-3-6-10/h1-3,5-6,9H,4,8H2. The summed E-state index contributed by atoms with van der Waals surface area (Å²) in [4.78, 5) is 0. The van der Waals surface area contributed by atoms with Gasteiger partial charge >= 0.3 is 0 Å². The number of aromatic nitrogens is 3. The molecule has 0 aliphatic carbocycles. The number of nitriles is 1. The highest BCUT2D eigenvalue weighted by atomic mass is 32.2. The van der Waals surface area contributed by atoms with Gasteiger partial charge in [0.15, 0.2) is 5.16 Å². The third kappa shape index (κ3) is 2.41. The molecule has 0 fully saturated rings. The Hall–Kier alpha value is -1.80. The molecule has 1 aromatic carbocycles. The highest BCUT2D eigenvalue weighted by Crippen LogP contribution is 2.19. The molecule has 0 spiro atoms. The van der Waals surface area contributed by atoms with Crippen molar-refractivity contribution in [2.75, 3.05) is 5.75 Å². The van der Waals surface area contributed by atoms with E-state index in [1.807, 2.05) is 34.9 Å². The van der Waals surface area contributed by atoms with Crippen LogP contribution in [0.2, 0.25) is 0 Å². The van der Waals surface area contributed by atoms with Crippen LogP contribution in [0.25, 0.3) is 5.69 Å². The zero-order chi connectivity index (χ0) is 11.2. The van der Waals surface area contributed by atoms with Crippen LogP contribution in [0.3, 0.4) is 0 Å². The Morgan fingerprint density at radius 3 is 2.88 bits per heavy atom. The minimum Gasteiger partial charge on any atom is -0.277 e. The molecule has 0 unspecified atom stereocenters. The molecule has 80 valence electrons. The topological polar surface area (TPSA) is 54.5 Å². The Labute approximate surface area is 97.9 Å². The van der Waals surface area contributed by atoms with Gasteiger partial charge in [-0.3, -0.25) is 4.57 Å². The summed E-state index contributed by atoms with van der Waals surface area (Å²) in [7, 11) is 0. The lowest BCUT2D eigenvalue weighted by atomic mass is 10.3. The van der Waals surface area contributed by atoms with Crippen molar-refractivity contribution in [3.05, 3.63) is 36.7 Å². The van der Waals surface area contributed by atoms with Gasteiger partial charge in [0.05, 0.1) is 6.07 Å². The van der Waals surface area contributed by atoms with Crippen molar-refractivity contribution in [1.29, 1.82) is 5.26 Å². The van der Waals surface area contributed by atoms with E-state index in [0.29, 0.717) is 6.42 Å². The van der Waals surface area contributed by atoms with E-state index < -0.39 is 0 Å². The van der Waals surface area contributed by atoms with E-state index in [-0.39, 0.29) is 0 Å². The fourth-order valence-electron chi connectivity index (χ4n) is 1.28. The van der Waals surface area contributed by atoms with Gasteiger partial charge in [0.1, 0.15) is 6.33 Å². The minimum atomic E-state index is 0.520. The summed E-state index contributed by atoms with van der Waals surface area (Å²) in [6.45, 7) is 0. The van der Waals surface area contributed by atoms with Crippen molar-refractivity contribution < 1.29 is 0 Å². The van der Waals surface area contributed by atoms with E-state index in [2.05, 4.69) is 16.3 Å². The quantitative estimate of drug-likeness (QED) is 0.597. The van der Waals surface area contributed by atoms with Gasteiger partial charge < -0.3 is 0 Å². The van der Waals surface area contributed by atoms with Gasteiger partial charge in [0.2, 0.25) is 0 Å². The van der Waals surface area contributed by atoms with E-state index in [1.54, 1.807) is 6.33 Å². The largest absolute Gasteiger partial charge is 0.277 e. The molecule has 0 atom stereocenters. The van der Waals surface area contributed by atoms with E-state index in [0.717, 1.165) is 16.6 Å². The first kappa shape index (κ1) is 10.7. The molecule has 4 nitrogen and oxygen atoms in total. The Morgan fingerprint density at radius 1 is 1.31 bits per heavy atom. The van der Waals surface area contributed by atoms with Gasteiger partial charge in [-0.05, 0) is 12.1 Å². The molecular formula is C11H10N4S. The summed E-state index contributed by atoms with van der Waals surface area (Å²) < 4.78 is 1.92. The fraction of sp³-hybridized carbons (Fsp3) is 0.182. The zero-order valence-corrected chi connectivity index (χ0v) is 9.39. The molecule has 1 heterocycles. The van der Waals surface area contributed by atoms with E-state index in [9.17, 15) is 0 Å². The first-order chi connectivity index (χ1) is 7.92. The van der Waals surface area contributed by atoms with Crippen LogP contribution in [0.15, 0.2) is 41.8 Å². The summed E-state index contributed by atoms with van der Waals surface area (Å²) >= 11 is 1.54. The van der Waals surface area contributed by atoms with Crippen molar-refractivity contribution in [3.8, 4) is 11.8 Å². The van der Waals surface area contributed by atoms with Crippen LogP contribution in [-0.2, 0) is 0 Å². The Balaban J connectivity index is 2.17. The first-order valence-corrected chi connectivity index (χ1v) is 5.85. The lowest BCUT2D eigenvalue weighted by molar-refractivity contribution is 0.883. The van der Waals surface area contributed by atoms with Crippen LogP contribution >= 0.6 is 11.8 Å². The zero-order valence-electron chi connectivity index (χ0n) is 8.58. The molecule has 0 radical (unpaired) electrons. The van der Waals surface area contributed by atoms with Gasteiger partial charge in [-0.25, -0.2) is 0 Å². The average molecular weight is 230 g/mol. The summed E-state index contributed by atoms with van der Waals surface area (Å²) in [5.74, 6) is 0.738. The summed E-state index contributed by atoms with van der Waals surface area (Å²) in [6.07, 6.45) is 2.20. The Bertz CT molecular complexity index is 486. The first-order valence-electron chi connectivity index (χ1n) is 4.87. The van der Waals surface area contributed by atoms with Gasteiger partial charge in [-0.2, -0.15) is 5.26 Å². The molecule has 0 N–H and O–H groups in total. The van der Waals surface area contributed by atoms with Crippen LogP contribution in [0.1, 0.15) is 6.42 Å². The highest BCUT2D eigenvalue weighted by Gasteiger charge is 2.05. The molecule has 0 saturated carbocycles. The van der Waals surface area contributed by atoms with Crippen molar-refractivity contribution in [3.63, 3.8) is 0 Å². The van der Waals surface area contributed by atoms with Crippen LogP contribution in [0.5, 0.6) is 0 Å². The van der Waals surface area contributed by atoms with E-state index in [4.69, 9.17) is 5.26 Å². The Morgan fingerprint density at radius 2 is 2.12 bits per heavy atom. The van der Waals surface area contributed by atoms with Gasteiger partial charge in [-0.1, -0.05) is 30.0 Å². The molecule has 0 saturated heterocycles. The van der Waals surface area contributed by atoms with Crippen LogP contribution in [0.4, 0.5) is 0 Å². The van der Waals surface area contributed by atoms with E-state index in [1.165, 1.54) is 11.8 Å². The second-order valence-electron chi connectivity index (χ2n) is 3.08. The summed E-state index contributed by atoms with van der Waals surface area (Å²) in [5.41, 5.74) is 1.03. The maximum Gasteiger partial charge on any atom is 0.195 e. The van der Waals surface area contributed by atoms with Crippen molar-refractivity contribution in [1.82, 2.24) is 14.8 Å². The smallest absolute Gasteiger partial charge is 0.195 e. The molecule has 2 aromatic rings. The minimum absolute atomic E-state index is 0.520. The molecule has 16 heavy (non-hydrogen) atoms. The van der Waals surface area contributed by atoms with Crippen LogP contribution < -0.4 is 0 Å². The molecule has 5 heteroatoms. The van der Waals surface area contributed by atoms with Gasteiger partial charge in [0.25, 0.3) is 0 Å². The molecule has 2 rings (SSSR count). The maximum atomic E-state index is 8.48. The number of nitrogens with zero attached hydrogens (tertiary/aromatic N) is 4. The average Bonchev–Trinajstić information content (AvgIpc) is 2.79. The SMILES string of the molecule is N#CCCSc1nncn1-c1ccccc1. The summed E-state index contributed by atoms with van der Waals surface area (Å²) in [5, 5.41) is 17.2. The number of benzene rings is 1. The number of hydrogen-bond donors (Lipinski definition) is 0. The van der Waals surface area contributed by atoms with Crippen molar-refractivity contribution in [2.24, 2.45) is 0 Å². The third-order valence-electron chi connectivity index (χ3n) is 2.00. The van der Waals surface area contributed by atoms with Gasteiger partial charge in [0, 0.05) is 17.9 Å². The monoisotopic (exact) mass is 230 g/mol. The Kier molecular flexibility index (Phi) is 3.57. The molecule has 0 bridgehead atoms. The van der Waals surface area contributed by atoms with Crippen molar-refractivity contribution >= 4 is 11.8 Å². The van der Waals surface area contributed by atoms with Crippen LogP contribution in [0, 0.1) is 11.3 Å². The molecule has 0 aliphatic rings. The second kappa shape index (κ2) is 5.33. The molecule has 0 amide bonds. The number of rotatable bonds is 4. The lowest BCUT2D eigenvalue weighted by Gasteiger charge is -2.04. The molecule has 0 aliphatic heterocycles. The van der Waals surface area contributed by atoms with E-state index >= 15 is 0 Å². The molecular weight excluding hydrogens is 220 g/mol. The van der Waals surface area contributed by atoms with Crippen molar-refractivity contribution in [2.45, 2.75) is 11.6 Å². The van der Waals surface area contributed by atoms with Gasteiger partial charge in [-0.15, -0.1) is 10.2 Å². The maximum absolute atomic E-state index is 8.48. The van der Waals surface area contributed by atoms with Crippen LogP contribution in [-0.4, -0.2) is 20.5 Å². The highest BCUT2D eigenvalue weighted by molar-refractivity contribution is 7.99. The molecule has 1 aromatic heterocycles. The number of thioether (sulfide) groups is 1. The predicted octanol–water partition coefficient (Wildman–Crippen LogP) is 2.27. The fourth-order valence-corrected chi connectivity index (χ4v) is 2.05. The predicted molar refractivity (Wildman–Crippen MR) is 62.3 cm³/mol. The third-order valence-corrected chi connectivity index (χ3v) is 2.94. The number of hydrogen-bond acceptors (Lipinski definition) is 4. The summed E-state index contributed by atoms with van der Waals surface area (Å²) in [6, 6.07) is 12.0.